The van der Waals surface area contributed by atoms with Crippen LogP contribution in [-0.2, 0) is 19.9 Å². The van der Waals surface area contributed by atoms with Gasteiger partial charge in [-0.3, -0.25) is 4.68 Å². The van der Waals surface area contributed by atoms with E-state index in [0.717, 1.165) is 23.9 Å². The van der Waals surface area contributed by atoms with Crippen LogP contribution in [0.2, 0.25) is 0 Å². The van der Waals surface area contributed by atoms with E-state index >= 15 is 0 Å². The number of likely N-dealkylation sites (N-methyl/N-ethyl adjacent to an activating group) is 1. The molecule has 0 radical (unpaired) electrons. The van der Waals surface area contributed by atoms with E-state index in [2.05, 4.69) is 10.4 Å². The highest BCUT2D eigenvalue weighted by molar-refractivity contribution is 5.24. The van der Waals surface area contributed by atoms with E-state index in [9.17, 15) is 8.78 Å². The minimum Gasteiger partial charge on any atom is -0.310 e. The molecule has 0 saturated carbocycles. The Kier molecular flexibility index (Phi) is 5.07. The lowest BCUT2D eigenvalue weighted by molar-refractivity contribution is 0.490. The second kappa shape index (κ2) is 6.80. The lowest BCUT2D eigenvalue weighted by Crippen LogP contribution is -2.25. The van der Waals surface area contributed by atoms with E-state index in [1.165, 1.54) is 12.1 Å². The van der Waals surface area contributed by atoms with Crippen LogP contribution in [-0.4, -0.2) is 16.3 Å². The number of nitrogens with zero attached hydrogens (tertiary/aromatic N) is 2. The molecule has 1 aromatic heterocycles. The SMILES string of the molecule is CCNC(Cc1cc(CC)nn1C)c1cc(F)ccc1F. The Bertz CT molecular complexity index is 608. The Morgan fingerprint density at radius 3 is 2.62 bits per heavy atom. The molecule has 5 heteroatoms. The topological polar surface area (TPSA) is 29.9 Å². The van der Waals surface area contributed by atoms with Gasteiger partial charge in [0.2, 0.25) is 0 Å². The molecule has 0 saturated heterocycles. The lowest BCUT2D eigenvalue weighted by Gasteiger charge is -2.19. The minimum absolute atomic E-state index is 0.272. The van der Waals surface area contributed by atoms with Crippen LogP contribution < -0.4 is 5.32 Å². The maximum Gasteiger partial charge on any atom is 0.128 e. The van der Waals surface area contributed by atoms with Crippen LogP contribution in [0, 0.1) is 11.6 Å². The van der Waals surface area contributed by atoms with E-state index in [4.69, 9.17) is 0 Å². The summed E-state index contributed by atoms with van der Waals surface area (Å²) in [5.74, 6) is -0.811. The van der Waals surface area contributed by atoms with Crippen LogP contribution >= 0.6 is 0 Å². The Balaban J connectivity index is 2.30. The monoisotopic (exact) mass is 293 g/mol. The molecule has 0 aliphatic carbocycles. The van der Waals surface area contributed by atoms with Crippen LogP contribution in [0.25, 0.3) is 0 Å². The van der Waals surface area contributed by atoms with E-state index in [-0.39, 0.29) is 11.9 Å². The molecule has 0 bridgehead atoms. The molecule has 114 valence electrons. The molecule has 0 aliphatic heterocycles. The van der Waals surface area contributed by atoms with Crippen molar-refractivity contribution in [2.24, 2.45) is 7.05 Å². The molecule has 1 heterocycles. The summed E-state index contributed by atoms with van der Waals surface area (Å²) >= 11 is 0. The van der Waals surface area contributed by atoms with Gasteiger partial charge in [-0.1, -0.05) is 13.8 Å². The third-order valence-electron chi connectivity index (χ3n) is 3.59. The summed E-state index contributed by atoms with van der Waals surface area (Å²) in [6.07, 6.45) is 1.42. The number of hydrogen-bond acceptors (Lipinski definition) is 2. The van der Waals surface area contributed by atoms with E-state index in [0.29, 0.717) is 18.5 Å². The molecule has 0 aliphatic rings. The minimum atomic E-state index is -0.423. The fourth-order valence-corrected chi connectivity index (χ4v) is 2.46. The van der Waals surface area contributed by atoms with Gasteiger partial charge in [0.05, 0.1) is 5.69 Å². The Morgan fingerprint density at radius 1 is 1.24 bits per heavy atom. The standard InChI is InChI=1S/C16H21F2N3/c1-4-12-9-13(21(3)20-12)10-16(19-5-2)14-8-11(17)6-7-15(14)18/h6-9,16,19H,4-5,10H2,1-3H3. The first-order valence-electron chi connectivity index (χ1n) is 7.25. The second-order valence-corrected chi connectivity index (χ2v) is 5.08. The summed E-state index contributed by atoms with van der Waals surface area (Å²) in [5.41, 5.74) is 2.36. The molecule has 3 nitrogen and oxygen atoms in total. The van der Waals surface area contributed by atoms with Crippen molar-refractivity contribution in [1.82, 2.24) is 15.1 Å². The molecule has 2 aromatic rings. The second-order valence-electron chi connectivity index (χ2n) is 5.08. The van der Waals surface area contributed by atoms with Crippen molar-refractivity contribution in [3.63, 3.8) is 0 Å². The van der Waals surface area contributed by atoms with E-state index in [1.54, 1.807) is 4.68 Å². The maximum atomic E-state index is 14.0. The third kappa shape index (κ3) is 3.67. The van der Waals surface area contributed by atoms with Gasteiger partial charge < -0.3 is 5.32 Å². The van der Waals surface area contributed by atoms with Crippen LogP contribution in [0.5, 0.6) is 0 Å². The van der Waals surface area contributed by atoms with Crippen LogP contribution in [0.3, 0.4) is 0 Å². The third-order valence-corrected chi connectivity index (χ3v) is 3.59. The summed E-state index contributed by atoms with van der Waals surface area (Å²) in [6, 6.07) is 5.32. The smallest absolute Gasteiger partial charge is 0.128 e. The first-order chi connectivity index (χ1) is 10.0. The highest BCUT2D eigenvalue weighted by Gasteiger charge is 2.18. The molecule has 1 aromatic carbocycles. The number of benzene rings is 1. The quantitative estimate of drug-likeness (QED) is 0.886. The van der Waals surface area contributed by atoms with Gasteiger partial charge in [0.25, 0.3) is 0 Å². The van der Waals surface area contributed by atoms with Crippen molar-refractivity contribution in [1.29, 1.82) is 0 Å². The molecule has 21 heavy (non-hydrogen) atoms. The summed E-state index contributed by atoms with van der Waals surface area (Å²) < 4.78 is 29.2. The first-order valence-corrected chi connectivity index (χ1v) is 7.25. The van der Waals surface area contributed by atoms with Crippen LogP contribution in [0.1, 0.15) is 36.8 Å². The number of rotatable bonds is 6. The largest absolute Gasteiger partial charge is 0.310 e. The predicted molar refractivity (Wildman–Crippen MR) is 79.1 cm³/mol. The van der Waals surface area contributed by atoms with Crippen molar-refractivity contribution >= 4 is 0 Å². The molecule has 0 fully saturated rings. The molecule has 0 spiro atoms. The van der Waals surface area contributed by atoms with E-state index in [1.807, 2.05) is 27.0 Å². The van der Waals surface area contributed by atoms with Gasteiger partial charge in [-0.25, -0.2) is 8.78 Å². The van der Waals surface area contributed by atoms with Gasteiger partial charge in [-0.15, -0.1) is 0 Å². The molecule has 1 atom stereocenters. The molecular formula is C16H21F2N3. The normalized spacial score (nSPS) is 12.6. The summed E-state index contributed by atoms with van der Waals surface area (Å²) in [5, 5.41) is 7.62. The van der Waals surface area contributed by atoms with Gasteiger partial charge in [-0.05, 0) is 37.2 Å². The zero-order valence-corrected chi connectivity index (χ0v) is 12.7. The zero-order valence-electron chi connectivity index (χ0n) is 12.7. The van der Waals surface area contributed by atoms with Gasteiger partial charge in [0, 0.05) is 30.8 Å². The predicted octanol–water partition coefficient (Wildman–Crippen LogP) is 3.15. The lowest BCUT2D eigenvalue weighted by atomic mass is 10.0. The fourth-order valence-electron chi connectivity index (χ4n) is 2.46. The van der Waals surface area contributed by atoms with Gasteiger partial charge >= 0.3 is 0 Å². The van der Waals surface area contributed by atoms with Crippen molar-refractivity contribution < 1.29 is 8.78 Å². The number of aromatic nitrogens is 2. The number of hydrogen-bond donors (Lipinski definition) is 1. The van der Waals surface area contributed by atoms with Crippen molar-refractivity contribution in [2.75, 3.05) is 6.54 Å². The Morgan fingerprint density at radius 2 is 2.00 bits per heavy atom. The van der Waals surface area contributed by atoms with Crippen molar-refractivity contribution in [3.8, 4) is 0 Å². The van der Waals surface area contributed by atoms with E-state index < -0.39 is 5.82 Å². The Hall–Kier alpha value is -1.75. The van der Waals surface area contributed by atoms with Gasteiger partial charge in [0.15, 0.2) is 0 Å². The highest BCUT2D eigenvalue weighted by atomic mass is 19.1. The number of aryl methyl sites for hydroxylation is 2. The molecular weight excluding hydrogens is 272 g/mol. The van der Waals surface area contributed by atoms with Crippen molar-refractivity contribution in [2.45, 2.75) is 32.7 Å². The van der Waals surface area contributed by atoms with Crippen LogP contribution in [0.4, 0.5) is 8.78 Å². The number of halogens is 2. The van der Waals surface area contributed by atoms with Crippen LogP contribution in [0.15, 0.2) is 24.3 Å². The van der Waals surface area contributed by atoms with Gasteiger partial charge in [0.1, 0.15) is 11.6 Å². The average Bonchev–Trinajstić information content (AvgIpc) is 2.82. The highest BCUT2D eigenvalue weighted by Crippen LogP contribution is 2.22. The first kappa shape index (κ1) is 15.6. The molecule has 0 amide bonds. The summed E-state index contributed by atoms with van der Waals surface area (Å²) in [7, 11) is 1.87. The Labute approximate surface area is 124 Å². The van der Waals surface area contributed by atoms with Gasteiger partial charge in [-0.2, -0.15) is 5.10 Å². The maximum absolute atomic E-state index is 14.0. The zero-order chi connectivity index (χ0) is 15.4. The molecule has 1 N–H and O–H groups in total. The fraction of sp³-hybridized carbons (Fsp3) is 0.438. The average molecular weight is 293 g/mol. The number of nitrogens with one attached hydrogen (secondary N) is 1. The summed E-state index contributed by atoms with van der Waals surface area (Å²) in [4.78, 5) is 0. The summed E-state index contributed by atoms with van der Waals surface area (Å²) in [6.45, 7) is 4.67. The molecule has 2 rings (SSSR count). The van der Waals surface area contributed by atoms with Crippen molar-refractivity contribution in [3.05, 3.63) is 52.9 Å². The molecule has 1 unspecified atom stereocenters.